The Balaban J connectivity index is 1.70. The average Bonchev–Trinajstić information content (AvgIpc) is 2.74. The summed E-state index contributed by atoms with van der Waals surface area (Å²) in [5, 5.41) is 8.66. The molecule has 2 amide bonds. The molecule has 0 aromatic rings. The van der Waals surface area contributed by atoms with Crippen LogP contribution >= 0.6 is 0 Å². The number of carbonyl (C=O) groups is 2. The van der Waals surface area contributed by atoms with Gasteiger partial charge in [0.15, 0.2) is 0 Å². The summed E-state index contributed by atoms with van der Waals surface area (Å²) in [7, 11) is 1.85. The zero-order valence-corrected chi connectivity index (χ0v) is 11.0. The first-order chi connectivity index (χ1) is 8.56. The molecule has 0 aromatic carbocycles. The van der Waals surface area contributed by atoms with Crippen molar-refractivity contribution in [2.24, 2.45) is 11.8 Å². The molecule has 5 nitrogen and oxygen atoms in total. The minimum Gasteiger partial charge on any atom is -0.481 e. The summed E-state index contributed by atoms with van der Waals surface area (Å²) in [4.78, 5) is 26.1. The monoisotopic (exact) mass is 254 g/mol. The van der Waals surface area contributed by atoms with E-state index in [1.54, 1.807) is 9.80 Å². The molecule has 0 spiro atoms. The number of rotatable bonds is 4. The van der Waals surface area contributed by atoms with Gasteiger partial charge in [0.05, 0.1) is 6.42 Å². The summed E-state index contributed by atoms with van der Waals surface area (Å²) < 4.78 is 0. The smallest absolute Gasteiger partial charge is 0.319 e. The molecule has 1 aliphatic carbocycles. The van der Waals surface area contributed by atoms with E-state index in [1.807, 2.05) is 7.05 Å². The van der Waals surface area contributed by atoms with Crippen molar-refractivity contribution in [2.75, 3.05) is 26.7 Å². The van der Waals surface area contributed by atoms with Gasteiger partial charge in [0, 0.05) is 32.6 Å². The van der Waals surface area contributed by atoms with Crippen LogP contribution in [0.15, 0.2) is 0 Å². The first kappa shape index (κ1) is 13.2. The van der Waals surface area contributed by atoms with Crippen molar-refractivity contribution in [3.63, 3.8) is 0 Å². The van der Waals surface area contributed by atoms with E-state index in [1.165, 1.54) is 25.7 Å². The number of aliphatic carboxylic acids is 1. The SMILES string of the molecule is CN(CC1CCCC1)C(=O)N1CC(CC(=O)O)C1. The van der Waals surface area contributed by atoms with Crippen molar-refractivity contribution in [3.8, 4) is 0 Å². The maximum Gasteiger partial charge on any atom is 0.319 e. The Morgan fingerprint density at radius 1 is 1.22 bits per heavy atom. The highest BCUT2D eigenvalue weighted by Crippen LogP contribution is 2.26. The summed E-state index contributed by atoms with van der Waals surface area (Å²) in [5.41, 5.74) is 0. The van der Waals surface area contributed by atoms with Gasteiger partial charge in [-0.25, -0.2) is 4.79 Å². The second kappa shape index (κ2) is 5.59. The summed E-state index contributed by atoms with van der Waals surface area (Å²) >= 11 is 0. The van der Waals surface area contributed by atoms with Gasteiger partial charge in [0.1, 0.15) is 0 Å². The zero-order chi connectivity index (χ0) is 13.1. The summed E-state index contributed by atoms with van der Waals surface area (Å²) in [6.07, 6.45) is 5.23. The lowest BCUT2D eigenvalue weighted by Gasteiger charge is -2.41. The normalized spacial score (nSPS) is 20.8. The fraction of sp³-hybridized carbons (Fsp3) is 0.846. The van der Waals surface area contributed by atoms with E-state index in [-0.39, 0.29) is 18.4 Å². The third kappa shape index (κ3) is 3.15. The fourth-order valence-electron chi connectivity index (χ4n) is 3.00. The average molecular weight is 254 g/mol. The third-order valence-electron chi connectivity index (χ3n) is 4.02. The van der Waals surface area contributed by atoms with E-state index < -0.39 is 5.97 Å². The lowest BCUT2D eigenvalue weighted by molar-refractivity contribution is -0.139. The van der Waals surface area contributed by atoms with Crippen molar-refractivity contribution in [1.82, 2.24) is 9.80 Å². The minimum atomic E-state index is -0.772. The minimum absolute atomic E-state index is 0.0588. The molecular weight excluding hydrogens is 232 g/mol. The zero-order valence-electron chi connectivity index (χ0n) is 11.0. The van der Waals surface area contributed by atoms with Crippen LogP contribution in [0.3, 0.4) is 0 Å². The van der Waals surface area contributed by atoms with E-state index in [0.29, 0.717) is 19.0 Å². The molecule has 102 valence electrons. The van der Waals surface area contributed by atoms with Crippen LogP contribution < -0.4 is 0 Å². The van der Waals surface area contributed by atoms with Crippen LogP contribution in [0.2, 0.25) is 0 Å². The molecule has 5 heteroatoms. The Hall–Kier alpha value is -1.26. The van der Waals surface area contributed by atoms with Crippen LogP contribution in [-0.4, -0.2) is 53.6 Å². The van der Waals surface area contributed by atoms with E-state index >= 15 is 0 Å². The summed E-state index contributed by atoms with van der Waals surface area (Å²) in [6, 6.07) is 0.0588. The molecule has 1 saturated heterocycles. The van der Waals surface area contributed by atoms with Crippen molar-refractivity contribution < 1.29 is 14.7 Å². The number of urea groups is 1. The van der Waals surface area contributed by atoms with E-state index in [9.17, 15) is 9.59 Å². The molecule has 18 heavy (non-hydrogen) atoms. The fourth-order valence-corrected chi connectivity index (χ4v) is 3.00. The molecule has 2 fully saturated rings. The van der Waals surface area contributed by atoms with Crippen molar-refractivity contribution in [1.29, 1.82) is 0 Å². The standard InChI is InChI=1S/C13H22N2O3/c1-14(7-10-4-2-3-5-10)13(18)15-8-11(9-15)6-12(16)17/h10-11H,2-9H2,1H3,(H,16,17). The van der Waals surface area contributed by atoms with Gasteiger partial charge in [-0.05, 0) is 18.8 Å². The van der Waals surface area contributed by atoms with Gasteiger partial charge in [-0.3, -0.25) is 4.79 Å². The Morgan fingerprint density at radius 3 is 2.39 bits per heavy atom. The predicted molar refractivity (Wildman–Crippen MR) is 67.3 cm³/mol. The quantitative estimate of drug-likeness (QED) is 0.829. The molecule has 0 bridgehead atoms. The number of nitrogens with zero attached hydrogens (tertiary/aromatic N) is 2. The van der Waals surface area contributed by atoms with Gasteiger partial charge in [-0.2, -0.15) is 0 Å². The highest BCUT2D eigenvalue weighted by atomic mass is 16.4. The Kier molecular flexibility index (Phi) is 4.09. The Morgan fingerprint density at radius 2 is 1.83 bits per heavy atom. The van der Waals surface area contributed by atoms with E-state index in [0.717, 1.165) is 6.54 Å². The van der Waals surface area contributed by atoms with Crippen LogP contribution in [0.1, 0.15) is 32.1 Å². The van der Waals surface area contributed by atoms with Crippen LogP contribution in [0.5, 0.6) is 0 Å². The van der Waals surface area contributed by atoms with Crippen molar-refractivity contribution >= 4 is 12.0 Å². The number of likely N-dealkylation sites (tertiary alicyclic amines) is 1. The van der Waals surface area contributed by atoms with Gasteiger partial charge >= 0.3 is 12.0 Å². The molecule has 0 aromatic heterocycles. The van der Waals surface area contributed by atoms with Crippen LogP contribution in [-0.2, 0) is 4.79 Å². The second-order valence-corrected chi connectivity index (χ2v) is 5.68. The Labute approximate surface area is 108 Å². The van der Waals surface area contributed by atoms with Crippen LogP contribution in [0.25, 0.3) is 0 Å². The van der Waals surface area contributed by atoms with Crippen molar-refractivity contribution in [2.45, 2.75) is 32.1 Å². The lowest BCUT2D eigenvalue weighted by Crippen LogP contribution is -2.55. The highest BCUT2D eigenvalue weighted by Gasteiger charge is 2.34. The number of carbonyl (C=O) groups excluding carboxylic acids is 1. The first-order valence-corrected chi connectivity index (χ1v) is 6.78. The van der Waals surface area contributed by atoms with Gasteiger partial charge in [-0.1, -0.05) is 12.8 Å². The molecular formula is C13H22N2O3. The lowest BCUT2D eigenvalue weighted by atomic mass is 9.97. The third-order valence-corrected chi connectivity index (χ3v) is 4.02. The van der Waals surface area contributed by atoms with E-state index in [2.05, 4.69) is 0 Å². The summed E-state index contributed by atoms with van der Waals surface area (Å²) in [5.74, 6) is 0.0350. The molecule has 2 aliphatic rings. The molecule has 0 atom stereocenters. The number of carboxylic acid groups (broad SMARTS) is 1. The number of hydrogen-bond donors (Lipinski definition) is 1. The van der Waals surface area contributed by atoms with E-state index in [4.69, 9.17) is 5.11 Å². The van der Waals surface area contributed by atoms with Gasteiger partial charge < -0.3 is 14.9 Å². The second-order valence-electron chi connectivity index (χ2n) is 5.68. The topological polar surface area (TPSA) is 60.9 Å². The molecule has 0 radical (unpaired) electrons. The molecule has 1 saturated carbocycles. The van der Waals surface area contributed by atoms with Crippen LogP contribution in [0, 0.1) is 11.8 Å². The molecule has 0 unspecified atom stereocenters. The van der Waals surface area contributed by atoms with Gasteiger partial charge in [0.2, 0.25) is 0 Å². The maximum absolute atomic E-state index is 12.0. The summed E-state index contributed by atoms with van der Waals surface area (Å²) in [6.45, 7) is 2.04. The molecule has 1 heterocycles. The highest BCUT2D eigenvalue weighted by molar-refractivity contribution is 5.75. The number of hydrogen-bond acceptors (Lipinski definition) is 2. The first-order valence-electron chi connectivity index (χ1n) is 6.78. The van der Waals surface area contributed by atoms with Crippen LogP contribution in [0.4, 0.5) is 4.79 Å². The van der Waals surface area contributed by atoms with Gasteiger partial charge in [-0.15, -0.1) is 0 Å². The molecule has 1 N–H and O–H groups in total. The number of amides is 2. The largest absolute Gasteiger partial charge is 0.481 e. The maximum atomic E-state index is 12.0. The van der Waals surface area contributed by atoms with Gasteiger partial charge in [0.25, 0.3) is 0 Å². The predicted octanol–water partition coefficient (Wildman–Crippen LogP) is 1.63. The molecule has 2 rings (SSSR count). The number of carboxylic acids is 1. The molecule has 1 aliphatic heterocycles. The Bertz CT molecular complexity index is 320. The van der Waals surface area contributed by atoms with Crippen molar-refractivity contribution in [3.05, 3.63) is 0 Å².